The number of fused-ring (bicyclic) bond motifs is 2. The van der Waals surface area contributed by atoms with E-state index >= 15 is 0 Å². The van der Waals surface area contributed by atoms with Gasteiger partial charge in [0.15, 0.2) is 5.78 Å². The number of rotatable bonds is 6. The first-order valence-corrected chi connectivity index (χ1v) is 10.1. The Morgan fingerprint density at radius 3 is 2.50 bits per heavy atom. The van der Waals surface area contributed by atoms with Crippen molar-refractivity contribution in [1.29, 1.82) is 0 Å². The molecule has 2 aliphatic rings. The number of ether oxygens (including phenoxy) is 1. The number of Topliss-reactive ketones (excluding diaryl/α,β-unsaturated/α-hetero) is 2. The zero-order valence-corrected chi connectivity index (χ0v) is 16.5. The monoisotopic (exact) mass is 377 g/mol. The molecule has 2 saturated heterocycles. The highest BCUT2D eigenvalue weighted by atomic mass is 16.5. The summed E-state index contributed by atoms with van der Waals surface area (Å²) in [6, 6.07) is 17.8. The van der Waals surface area contributed by atoms with Gasteiger partial charge >= 0.3 is 0 Å². The van der Waals surface area contributed by atoms with Crippen molar-refractivity contribution in [1.82, 2.24) is 4.90 Å². The Bertz CT molecular complexity index is 846. The summed E-state index contributed by atoms with van der Waals surface area (Å²) in [6.07, 6.45) is 3.06. The summed E-state index contributed by atoms with van der Waals surface area (Å²) in [6.45, 7) is 0. The molecule has 4 heteroatoms. The third-order valence-electron chi connectivity index (χ3n) is 6.60. The van der Waals surface area contributed by atoms with E-state index in [1.54, 1.807) is 7.11 Å². The molecule has 2 aromatic carbocycles. The van der Waals surface area contributed by atoms with Gasteiger partial charge in [-0.15, -0.1) is 0 Å². The van der Waals surface area contributed by atoms with Gasteiger partial charge in [-0.2, -0.15) is 0 Å². The lowest BCUT2D eigenvalue weighted by Crippen LogP contribution is -2.49. The van der Waals surface area contributed by atoms with Gasteiger partial charge < -0.3 is 4.74 Å². The zero-order chi connectivity index (χ0) is 19.7. The van der Waals surface area contributed by atoms with E-state index in [2.05, 4.69) is 11.9 Å². The van der Waals surface area contributed by atoms with Crippen LogP contribution in [0.1, 0.15) is 47.5 Å². The van der Waals surface area contributed by atoms with Crippen LogP contribution in [0.3, 0.4) is 0 Å². The summed E-state index contributed by atoms with van der Waals surface area (Å²) >= 11 is 0. The van der Waals surface area contributed by atoms with Crippen LogP contribution in [-0.4, -0.2) is 42.7 Å². The second-order valence-corrected chi connectivity index (χ2v) is 8.03. The third kappa shape index (κ3) is 3.49. The number of carbonyl (C=O) groups is 2. The number of piperidine rings is 1. The highest BCUT2D eigenvalue weighted by Gasteiger charge is 2.48. The predicted molar refractivity (Wildman–Crippen MR) is 109 cm³/mol. The molecule has 4 atom stereocenters. The number of methoxy groups -OCH3 is 1. The normalized spacial score (nSPS) is 25.5. The van der Waals surface area contributed by atoms with Crippen LogP contribution in [0.2, 0.25) is 0 Å². The molecule has 2 aliphatic heterocycles. The smallest absolute Gasteiger partial charge is 0.163 e. The Kier molecular flexibility index (Phi) is 5.31. The summed E-state index contributed by atoms with van der Waals surface area (Å²) in [5.41, 5.74) is 1.75. The quantitative estimate of drug-likeness (QED) is 0.711. The molecule has 0 aromatic heterocycles. The molecular weight excluding hydrogens is 350 g/mol. The van der Waals surface area contributed by atoms with Gasteiger partial charge in [-0.1, -0.05) is 42.5 Å². The third-order valence-corrected chi connectivity index (χ3v) is 6.60. The number of benzene rings is 2. The molecule has 2 fully saturated rings. The lowest BCUT2D eigenvalue weighted by molar-refractivity contribution is -0.129. The van der Waals surface area contributed by atoms with Crippen molar-refractivity contribution in [3.63, 3.8) is 0 Å². The summed E-state index contributed by atoms with van der Waals surface area (Å²) < 4.78 is 5.29. The Hall–Kier alpha value is -2.46. The van der Waals surface area contributed by atoms with Crippen molar-refractivity contribution in [3.05, 3.63) is 65.7 Å². The van der Waals surface area contributed by atoms with Crippen LogP contribution in [0.15, 0.2) is 54.6 Å². The van der Waals surface area contributed by atoms with E-state index in [9.17, 15) is 9.59 Å². The summed E-state index contributed by atoms with van der Waals surface area (Å²) in [7, 11) is 3.77. The van der Waals surface area contributed by atoms with Gasteiger partial charge in [0.25, 0.3) is 0 Å². The molecule has 2 aromatic rings. The fourth-order valence-corrected chi connectivity index (χ4v) is 5.04. The van der Waals surface area contributed by atoms with Gasteiger partial charge in [0.1, 0.15) is 11.5 Å². The number of nitrogens with zero attached hydrogens (tertiary/aromatic N) is 1. The fourth-order valence-electron chi connectivity index (χ4n) is 5.04. The molecule has 0 aliphatic carbocycles. The van der Waals surface area contributed by atoms with Crippen molar-refractivity contribution in [2.45, 2.75) is 43.7 Å². The maximum Gasteiger partial charge on any atom is 0.163 e. The first-order chi connectivity index (χ1) is 13.6. The molecule has 0 unspecified atom stereocenters. The second kappa shape index (κ2) is 7.88. The van der Waals surface area contributed by atoms with E-state index in [-0.39, 0.29) is 23.7 Å². The molecule has 2 bridgehead atoms. The molecule has 4 rings (SSSR count). The van der Waals surface area contributed by atoms with Crippen molar-refractivity contribution in [2.75, 3.05) is 14.2 Å². The fraction of sp³-hybridized carbons (Fsp3) is 0.417. The van der Waals surface area contributed by atoms with Gasteiger partial charge in [0.2, 0.25) is 0 Å². The van der Waals surface area contributed by atoms with Crippen molar-refractivity contribution in [3.8, 4) is 5.75 Å². The van der Waals surface area contributed by atoms with E-state index in [1.807, 2.05) is 54.6 Å². The largest absolute Gasteiger partial charge is 0.497 e. The maximum absolute atomic E-state index is 13.1. The van der Waals surface area contributed by atoms with Gasteiger partial charge in [-0.05, 0) is 37.6 Å². The Morgan fingerprint density at radius 2 is 1.82 bits per heavy atom. The van der Waals surface area contributed by atoms with E-state index in [0.29, 0.717) is 30.2 Å². The minimum atomic E-state index is -0.134. The average Bonchev–Trinajstić information content (AvgIpc) is 2.97. The molecule has 0 N–H and O–H groups in total. The number of carbonyl (C=O) groups excluding carboxylic acids is 2. The Balaban J connectivity index is 1.68. The van der Waals surface area contributed by atoms with Gasteiger partial charge in [0, 0.05) is 42.3 Å². The van der Waals surface area contributed by atoms with Gasteiger partial charge in [0.05, 0.1) is 7.11 Å². The molecule has 0 spiro atoms. The van der Waals surface area contributed by atoms with Gasteiger partial charge in [-0.25, -0.2) is 0 Å². The first-order valence-electron chi connectivity index (χ1n) is 10.1. The first kappa shape index (κ1) is 18.9. The van der Waals surface area contributed by atoms with Crippen LogP contribution in [0.25, 0.3) is 0 Å². The minimum absolute atomic E-state index is 0.0944. The van der Waals surface area contributed by atoms with Crippen LogP contribution in [-0.2, 0) is 4.79 Å². The van der Waals surface area contributed by atoms with E-state index in [4.69, 9.17) is 4.74 Å². The molecule has 4 nitrogen and oxygen atoms in total. The average molecular weight is 377 g/mol. The lowest BCUT2D eigenvalue weighted by Gasteiger charge is -2.40. The lowest BCUT2D eigenvalue weighted by atomic mass is 9.73. The highest BCUT2D eigenvalue weighted by Crippen LogP contribution is 2.44. The van der Waals surface area contributed by atoms with Crippen molar-refractivity contribution in [2.24, 2.45) is 5.92 Å². The van der Waals surface area contributed by atoms with E-state index < -0.39 is 0 Å². The number of ketones is 2. The predicted octanol–water partition coefficient (Wildman–Crippen LogP) is 4.10. The molecular formula is C24H27NO3. The van der Waals surface area contributed by atoms with Crippen molar-refractivity contribution < 1.29 is 14.3 Å². The van der Waals surface area contributed by atoms with Crippen molar-refractivity contribution >= 4 is 11.6 Å². The summed E-state index contributed by atoms with van der Waals surface area (Å²) in [4.78, 5) is 28.5. The SMILES string of the molecule is COc1ccc([C@H](CC(=O)c2ccccc2)[C@@H]2C(=O)C[C@H]3CC[C@H]2N3C)cc1. The Labute approximate surface area is 166 Å². The summed E-state index contributed by atoms with van der Waals surface area (Å²) in [5, 5.41) is 0. The topological polar surface area (TPSA) is 46.6 Å². The van der Waals surface area contributed by atoms with Crippen LogP contribution < -0.4 is 4.74 Å². The molecule has 0 amide bonds. The van der Waals surface area contributed by atoms with E-state index in [0.717, 1.165) is 24.2 Å². The van der Waals surface area contributed by atoms with Crippen LogP contribution >= 0.6 is 0 Å². The molecule has 2 heterocycles. The number of hydrogen-bond acceptors (Lipinski definition) is 4. The van der Waals surface area contributed by atoms with Crippen LogP contribution in [0.4, 0.5) is 0 Å². The zero-order valence-electron chi connectivity index (χ0n) is 16.5. The summed E-state index contributed by atoms with van der Waals surface area (Å²) in [5.74, 6) is 0.941. The number of hydrogen-bond donors (Lipinski definition) is 0. The maximum atomic E-state index is 13.1. The van der Waals surface area contributed by atoms with Gasteiger partial charge in [-0.3, -0.25) is 14.5 Å². The highest BCUT2D eigenvalue weighted by molar-refractivity contribution is 5.97. The van der Waals surface area contributed by atoms with Crippen LogP contribution in [0.5, 0.6) is 5.75 Å². The minimum Gasteiger partial charge on any atom is -0.497 e. The van der Waals surface area contributed by atoms with E-state index in [1.165, 1.54) is 0 Å². The molecule has 28 heavy (non-hydrogen) atoms. The Morgan fingerprint density at radius 1 is 1.11 bits per heavy atom. The van der Waals surface area contributed by atoms with Crippen LogP contribution in [0, 0.1) is 5.92 Å². The standard InChI is InChI=1S/C24H27NO3/c1-25-18-10-13-21(25)24(23(27)14-18)20(16-8-11-19(28-2)12-9-16)15-22(26)17-6-4-3-5-7-17/h3-9,11-12,18,20-21,24H,10,13-15H2,1-2H3/t18-,20+,21-,24+/m1/s1. The molecule has 0 saturated carbocycles. The second-order valence-electron chi connectivity index (χ2n) is 8.03. The molecule has 146 valence electrons. The molecule has 0 radical (unpaired) electrons.